The molecule has 1 aromatic heterocycles. The zero-order valence-electron chi connectivity index (χ0n) is 32.6. The molecule has 0 saturated carbocycles. The van der Waals surface area contributed by atoms with Crippen LogP contribution in [0.25, 0.3) is 10.9 Å². The van der Waals surface area contributed by atoms with Crippen molar-refractivity contribution < 1.29 is 28.7 Å². The second kappa shape index (κ2) is 19.3. The van der Waals surface area contributed by atoms with Crippen LogP contribution in [-0.2, 0) is 28.7 Å². The lowest BCUT2D eigenvalue weighted by atomic mass is 9.90. The number of hydrogen-bond acceptors (Lipinski definition) is 8. The first-order chi connectivity index (χ1) is 24.1. The molecule has 1 aromatic carbocycles. The fourth-order valence-corrected chi connectivity index (χ4v) is 7.33. The summed E-state index contributed by atoms with van der Waals surface area (Å²) in [6.45, 7) is 14.2. The maximum absolute atomic E-state index is 14.1. The molecule has 0 bridgehead atoms. The van der Waals surface area contributed by atoms with Gasteiger partial charge >= 0.3 is 0 Å². The molecular weight excluding hydrogens is 648 g/mol. The Balaban J connectivity index is 1.74. The Labute approximate surface area is 304 Å². The standard InChI is InChI=1S/C39H62N6O6/c1-12-25(6)34(43-38(48)33(23(2)3)42-39(49)35(24(4)5)44(8)9)30(50-10)22-32(46)45-21-15-18-29(45)36(51-11)26(7)37(47)41-31-20-19-27-16-13-14-17-28(27)40-31/h13-14,16-17,19-20,23-26,29-30,33-36H,12,15,18,21-22H2,1-11H3,(H,42,49)(H,43,48)(H,40,41,47)/t25-,26+,29-,30+,33-,34-,35-,36+/m0/s1. The lowest BCUT2D eigenvalue weighted by Gasteiger charge is -2.37. The maximum Gasteiger partial charge on any atom is 0.243 e. The fraction of sp³-hybridized carbons (Fsp3) is 0.667. The van der Waals surface area contributed by atoms with Crippen molar-refractivity contribution in [2.75, 3.05) is 40.2 Å². The van der Waals surface area contributed by atoms with Crippen LogP contribution in [0.1, 0.15) is 74.1 Å². The third kappa shape index (κ3) is 10.7. The predicted molar refractivity (Wildman–Crippen MR) is 201 cm³/mol. The highest BCUT2D eigenvalue weighted by Gasteiger charge is 2.42. The normalized spacial score (nSPS) is 19.0. The average Bonchev–Trinajstić information content (AvgIpc) is 3.57. The van der Waals surface area contributed by atoms with Gasteiger partial charge in [-0.3, -0.25) is 24.1 Å². The Morgan fingerprint density at radius 1 is 0.902 bits per heavy atom. The Morgan fingerprint density at radius 3 is 2.18 bits per heavy atom. The van der Waals surface area contributed by atoms with Crippen LogP contribution in [0.2, 0.25) is 0 Å². The van der Waals surface area contributed by atoms with Gasteiger partial charge in [-0.15, -0.1) is 0 Å². The first kappa shape index (κ1) is 41.8. The third-order valence-electron chi connectivity index (χ3n) is 10.4. The van der Waals surface area contributed by atoms with Crippen molar-refractivity contribution >= 4 is 40.3 Å². The first-order valence-electron chi connectivity index (χ1n) is 18.4. The van der Waals surface area contributed by atoms with Gasteiger partial charge in [0.05, 0.1) is 48.2 Å². The number of para-hydroxylation sites is 1. The molecule has 12 nitrogen and oxygen atoms in total. The van der Waals surface area contributed by atoms with E-state index in [1.54, 1.807) is 25.2 Å². The number of ether oxygens (including phenoxy) is 2. The summed E-state index contributed by atoms with van der Waals surface area (Å²) in [5.41, 5.74) is 0.784. The summed E-state index contributed by atoms with van der Waals surface area (Å²) in [6, 6.07) is 9.46. The number of likely N-dealkylation sites (N-methyl/N-ethyl adjacent to an activating group) is 1. The number of methoxy groups -OCH3 is 2. The molecule has 3 N–H and O–H groups in total. The molecule has 1 fully saturated rings. The molecule has 2 heterocycles. The van der Waals surface area contributed by atoms with Gasteiger partial charge in [-0.2, -0.15) is 0 Å². The summed E-state index contributed by atoms with van der Waals surface area (Å²) in [7, 11) is 6.83. The minimum absolute atomic E-state index is 0.0195. The highest BCUT2D eigenvalue weighted by Crippen LogP contribution is 2.29. The topological polar surface area (TPSA) is 142 Å². The number of carbonyl (C=O) groups excluding carboxylic acids is 4. The number of anilines is 1. The average molecular weight is 711 g/mol. The molecule has 12 heteroatoms. The Bertz CT molecular complexity index is 1460. The van der Waals surface area contributed by atoms with E-state index in [-0.39, 0.29) is 59.9 Å². The van der Waals surface area contributed by atoms with Gasteiger partial charge in [0.15, 0.2) is 0 Å². The molecular formula is C39H62N6O6. The second-order valence-electron chi connectivity index (χ2n) is 14.9. The fourth-order valence-electron chi connectivity index (χ4n) is 7.33. The van der Waals surface area contributed by atoms with E-state index < -0.39 is 30.2 Å². The molecule has 4 amide bonds. The minimum atomic E-state index is -0.763. The summed E-state index contributed by atoms with van der Waals surface area (Å²) in [5.74, 6) is -1.13. The van der Waals surface area contributed by atoms with Crippen molar-refractivity contribution in [1.29, 1.82) is 0 Å². The van der Waals surface area contributed by atoms with Crippen molar-refractivity contribution in [3.05, 3.63) is 36.4 Å². The van der Waals surface area contributed by atoms with Crippen molar-refractivity contribution in [2.45, 2.75) is 111 Å². The number of fused-ring (bicyclic) bond motifs is 1. The molecule has 51 heavy (non-hydrogen) atoms. The summed E-state index contributed by atoms with van der Waals surface area (Å²) in [4.78, 5) is 62.9. The number of benzene rings is 1. The van der Waals surface area contributed by atoms with Crippen LogP contribution in [0.4, 0.5) is 5.82 Å². The number of nitrogens with zero attached hydrogens (tertiary/aromatic N) is 3. The molecule has 1 aliphatic heterocycles. The van der Waals surface area contributed by atoms with Crippen LogP contribution in [0.3, 0.4) is 0 Å². The van der Waals surface area contributed by atoms with E-state index in [1.165, 1.54) is 0 Å². The largest absolute Gasteiger partial charge is 0.379 e. The summed E-state index contributed by atoms with van der Waals surface area (Å²) in [6.07, 6.45) is 1.08. The van der Waals surface area contributed by atoms with E-state index in [2.05, 4.69) is 20.9 Å². The lowest BCUT2D eigenvalue weighted by molar-refractivity contribution is -0.142. The monoisotopic (exact) mass is 710 g/mol. The number of carbonyl (C=O) groups is 4. The molecule has 0 spiro atoms. The zero-order valence-corrected chi connectivity index (χ0v) is 32.6. The number of rotatable bonds is 18. The second-order valence-corrected chi connectivity index (χ2v) is 14.9. The summed E-state index contributed by atoms with van der Waals surface area (Å²) in [5, 5.41) is 10.1. The highest BCUT2D eigenvalue weighted by atomic mass is 16.5. The number of nitrogens with one attached hydrogen (secondary N) is 3. The lowest BCUT2D eigenvalue weighted by Crippen LogP contribution is -2.59. The van der Waals surface area contributed by atoms with Gasteiger partial charge in [0.2, 0.25) is 23.6 Å². The molecule has 0 unspecified atom stereocenters. The number of hydrogen-bond donors (Lipinski definition) is 3. The molecule has 1 saturated heterocycles. The number of amides is 4. The van der Waals surface area contributed by atoms with E-state index in [0.29, 0.717) is 18.8 Å². The Hall–Kier alpha value is -3.61. The number of aromatic nitrogens is 1. The Morgan fingerprint density at radius 2 is 1.59 bits per heavy atom. The van der Waals surface area contributed by atoms with Gasteiger partial charge in [0.1, 0.15) is 11.9 Å². The van der Waals surface area contributed by atoms with Gasteiger partial charge in [-0.25, -0.2) is 4.98 Å². The third-order valence-corrected chi connectivity index (χ3v) is 10.4. The van der Waals surface area contributed by atoms with E-state index in [4.69, 9.17) is 9.47 Å². The highest BCUT2D eigenvalue weighted by molar-refractivity contribution is 5.93. The van der Waals surface area contributed by atoms with Crippen LogP contribution in [0.5, 0.6) is 0 Å². The number of pyridine rings is 1. The van der Waals surface area contributed by atoms with Gasteiger partial charge in [0, 0.05) is 26.2 Å². The van der Waals surface area contributed by atoms with E-state index in [1.807, 2.05) is 97.8 Å². The van der Waals surface area contributed by atoms with Crippen LogP contribution >= 0.6 is 0 Å². The predicted octanol–water partition coefficient (Wildman–Crippen LogP) is 4.48. The smallest absolute Gasteiger partial charge is 0.243 e. The van der Waals surface area contributed by atoms with Crippen molar-refractivity contribution in [1.82, 2.24) is 25.4 Å². The van der Waals surface area contributed by atoms with Crippen LogP contribution < -0.4 is 16.0 Å². The summed E-state index contributed by atoms with van der Waals surface area (Å²) < 4.78 is 11.9. The minimum Gasteiger partial charge on any atom is -0.379 e. The van der Waals surface area contributed by atoms with Gasteiger partial charge in [-0.05, 0) is 62.9 Å². The molecule has 8 atom stereocenters. The van der Waals surface area contributed by atoms with Gasteiger partial charge in [-0.1, -0.05) is 73.1 Å². The first-order valence-corrected chi connectivity index (χ1v) is 18.4. The molecule has 0 radical (unpaired) electrons. The van der Waals surface area contributed by atoms with E-state index >= 15 is 0 Å². The van der Waals surface area contributed by atoms with Crippen molar-refractivity contribution in [3.63, 3.8) is 0 Å². The number of likely N-dealkylation sites (tertiary alicyclic amines) is 1. The molecule has 2 aromatic rings. The maximum atomic E-state index is 14.1. The van der Waals surface area contributed by atoms with Gasteiger partial charge < -0.3 is 30.3 Å². The zero-order chi connectivity index (χ0) is 38.0. The molecule has 284 valence electrons. The van der Waals surface area contributed by atoms with Crippen LogP contribution in [0, 0.1) is 23.7 Å². The van der Waals surface area contributed by atoms with Crippen molar-refractivity contribution in [3.8, 4) is 0 Å². The van der Waals surface area contributed by atoms with Crippen LogP contribution in [0.15, 0.2) is 36.4 Å². The van der Waals surface area contributed by atoms with Crippen LogP contribution in [-0.4, -0.2) is 110 Å². The SMILES string of the molecule is CC[C@H](C)[C@H](NC(=O)[C@@H](NC(=O)[C@H](C(C)C)N(C)C)C(C)C)[C@@H](CC(=O)N1CCC[C@H]1[C@H](OC)[C@@H](C)C(=O)Nc1ccc2ccccc2n1)OC. The van der Waals surface area contributed by atoms with Crippen molar-refractivity contribution in [2.24, 2.45) is 23.7 Å². The van der Waals surface area contributed by atoms with E-state index in [9.17, 15) is 19.2 Å². The van der Waals surface area contributed by atoms with Gasteiger partial charge in [0.25, 0.3) is 0 Å². The molecule has 1 aliphatic rings. The quantitative estimate of drug-likeness (QED) is 0.206. The molecule has 0 aliphatic carbocycles. The Kier molecular flexibility index (Phi) is 15.8. The summed E-state index contributed by atoms with van der Waals surface area (Å²) >= 11 is 0. The van der Waals surface area contributed by atoms with E-state index in [0.717, 1.165) is 23.7 Å². The molecule has 3 rings (SSSR count).